The summed E-state index contributed by atoms with van der Waals surface area (Å²) in [5, 5.41) is 0.811. The molecule has 1 aliphatic carbocycles. The van der Waals surface area contributed by atoms with Crippen molar-refractivity contribution >= 4 is 11.6 Å². The smallest absolute Gasteiger partial charge is 0.0406 e. The molecule has 0 radical (unpaired) electrons. The van der Waals surface area contributed by atoms with Crippen LogP contribution in [0.3, 0.4) is 0 Å². The summed E-state index contributed by atoms with van der Waals surface area (Å²) < 4.78 is 0. The van der Waals surface area contributed by atoms with E-state index in [2.05, 4.69) is 30.4 Å². The third-order valence-electron chi connectivity index (χ3n) is 2.44. The van der Waals surface area contributed by atoms with Crippen molar-refractivity contribution in [1.29, 1.82) is 0 Å². The Hall–Kier alpha value is -1.01. The average molecular weight is 205 g/mol. The summed E-state index contributed by atoms with van der Waals surface area (Å²) in [5.74, 6) is 0. The van der Waals surface area contributed by atoms with Gasteiger partial charge in [0.2, 0.25) is 0 Å². The maximum absolute atomic E-state index is 5.83. The third kappa shape index (κ3) is 2.49. The standard InChI is InChI=1S/C13H13Cl/c14-13-8-6-12(7-9-13)10-11-4-2-1-3-5-11/h1-2,4,6-9H,3,5,10H2. The summed E-state index contributed by atoms with van der Waals surface area (Å²) in [6.07, 6.45) is 10.0. The molecule has 0 amide bonds. The molecule has 1 aliphatic rings. The molecule has 0 nitrogen and oxygen atoms in total. The van der Waals surface area contributed by atoms with Crippen LogP contribution < -0.4 is 0 Å². The van der Waals surface area contributed by atoms with Crippen molar-refractivity contribution in [2.45, 2.75) is 19.3 Å². The summed E-state index contributed by atoms with van der Waals surface area (Å²) in [5.41, 5.74) is 2.85. The molecule has 14 heavy (non-hydrogen) atoms. The minimum atomic E-state index is 0.811. The number of hydrogen-bond donors (Lipinski definition) is 0. The SMILES string of the molecule is Clc1ccc(CC2=CC=CCC2)cc1. The molecule has 0 aliphatic heterocycles. The van der Waals surface area contributed by atoms with Crippen molar-refractivity contribution in [3.8, 4) is 0 Å². The van der Waals surface area contributed by atoms with Crippen LogP contribution in [-0.2, 0) is 6.42 Å². The molecule has 0 fully saturated rings. The lowest BCUT2D eigenvalue weighted by atomic mass is 9.98. The lowest BCUT2D eigenvalue weighted by Gasteiger charge is -2.08. The van der Waals surface area contributed by atoms with Crippen LogP contribution in [0.4, 0.5) is 0 Å². The second-order valence-electron chi connectivity index (χ2n) is 3.59. The van der Waals surface area contributed by atoms with Crippen molar-refractivity contribution in [2.24, 2.45) is 0 Å². The Kier molecular flexibility index (Phi) is 3.05. The van der Waals surface area contributed by atoms with Gasteiger partial charge < -0.3 is 0 Å². The molecule has 0 N–H and O–H groups in total. The Balaban J connectivity index is 2.07. The van der Waals surface area contributed by atoms with Crippen LogP contribution in [0.2, 0.25) is 5.02 Å². The lowest BCUT2D eigenvalue weighted by molar-refractivity contribution is 0.911. The van der Waals surface area contributed by atoms with Gasteiger partial charge >= 0.3 is 0 Å². The molecule has 0 spiro atoms. The van der Waals surface area contributed by atoms with Crippen LogP contribution in [0.1, 0.15) is 18.4 Å². The van der Waals surface area contributed by atoms with Crippen molar-refractivity contribution in [1.82, 2.24) is 0 Å². The first kappa shape index (κ1) is 9.54. The van der Waals surface area contributed by atoms with Gasteiger partial charge in [0.1, 0.15) is 0 Å². The average Bonchev–Trinajstić information content (AvgIpc) is 2.23. The molecule has 0 bridgehead atoms. The van der Waals surface area contributed by atoms with Gasteiger partial charge in [-0.3, -0.25) is 0 Å². The zero-order valence-electron chi connectivity index (χ0n) is 8.04. The fourth-order valence-electron chi connectivity index (χ4n) is 1.66. The van der Waals surface area contributed by atoms with Gasteiger partial charge in [0.15, 0.2) is 0 Å². The summed E-state index contributed by atoms with van der Waals surface area (Å²) in [6, 6.07) is 8.11. The first-order valence-corrected chi connectivity index (χ1v) is 5.31. The number of halogens is 1. The van der Waals surface area contributed by atoms with Gasteiger partial charge in [-0.05, 0) is 37.0 Å². The van der Waals surface area contributed by atoms with Crippen LogP contribution in [-0.4, -0.2) is 0 Å². The summed E-state index contributed by atoms with van der Waals surface area (Å²) in [4.78, 5) is 0. The normalized spacial score (nSPS) is 15.4. The van der Waals surface area contributed by atoms with Crippen molar-refractivity contribution in [3.63, 3.8) is 0 Å². The van der Waals surface area contributed by atoms with Crippen LogP contribution in [0, 0.1) is 0 Å². The van der Waals surface area contributed by atoms with Gasteiger partial charge in [-0.1, -0.05) is 47.5 Å². The largest absolute Gasteiger partial charge is 0.0843 e. The Bertz CT molecular complexity index is 357. The molecule has 0 saturated heterocycles. The number of benzene rings is 1. The summed E-state index contributed by atoms with van der Waals surface area (Å²) in [7, 11) is 0. The Morgan fingerprint density at radius 1 is 1.14 bits per heavy atom. The molecule has 0 unspecified atom stereocenters. The van der Waals surface area contributed by atoms with E-state index in [0.29, 0.717) is 0 Å². The minimum absolute atomic E-state index is 0.811. The van der Waals surface area contributed by atoms with E-state index in [-0.39, 0.29) is 0 Å². The molecule has 1 heteroatoms. The first-order valence-electron chi connectivity index (χ1n) is 4.93. The summed E-state index contributed by atoms with van der Waals surface area (Å²) in [6.45, 7) is 0. The van der Waals surface area contributed by atoms with Gasteiger partial charge in [-0.15, -0.1) is 0 Å². The molecular formula is C13H13Cl. The molecular weight excluding hydrogens is 192 g/mol. The quantitative estimate of drug-likeness (QED) is 0.679. The minimum Gasteiger partial charge on any atom is -0.0843 e. The monoisotopic (exact) mass is 204 g/mol. The molecule has 1 aromatic rings. The van der Waals surface area contributed by atoms with E-state index >= 15 is 0 Å². The van der Waals surface area contributed by atoms with Gasteiger partial charge in [0, 0.05) is 5.02 Å². The van der Waals surface area contributed by atoms with Crippen LogP contribution in [0.25, 0.3) is 0 Å². The molecule has 1 aromatic carbocycles. The number of rotatable bonds is 2. The highest BCUT2D eigenvalue weighted by Gasteiger charge is 2.01. The highest BCUT2D eigenvalue weighted by atomic mass is 35.5. The van der Waals surface area contributed by atoms with E-state index in [1.165, 1.54) is 24.0 Å². The molecule has 0 aromatic heterocycles. The van der Waals surface area contributed by atoms with E-state index in [0.717, 1.165) is 11.4 Å². The molecule has 0 saturated carbocycles. The Labute approximate surface area is 89.9 Å². The zero-order valence-corrected chi connectivity index (χ0v) is 8.80. The van der Waals surface area contributed by atoms with Gasteiger partial charge in [0.05, 0.1) is 0 Å². The van der Waals surface area contributed by atoms with E-state index in [9.17, 15) is 0 Å². The molecule has 0 atom stereocenters. The van der Waals surface area contributed by atoms with E-state index < -0.39 is 0 Å². The van der Waals surface area contributed by atoms with Crippen molar-refractivity contribution < 1.29 is 0 Å². The highest BCUT2D eigenvalue weighted by Crippen LogP contribution is 2.18. The third-order valence-corrected chi connectivity index (χ3v) is 2.70. The first-order chi connectivity index (χ1) is 6.84. The fraction of sp³-hybridized carbons (Fsp3) is 0.231. The second-order valence-corrected chi connectivity index (χ2v) is 4.03. The number of hydrogen-bond acceptors (Lipinski definition) is 0. The van der Waals surface area contributed by atoms with E-state index in [1.54, 1.807) is 0 Å². The maximum atomic E-state index is 5.83. The van der Waals surface area contributed by atoms with Crippen molar-refractivity contribution in [3.05, 3.63) is 58.7 Å². The molecule has 2 rings (SSSR count). The molecule has 0 heterocycles. The highest BCUT2D eigenvalue weighted by molar-refractivity contribution is 6.30. The van der Waals surface area contributed by atoms with E-state index in [4.69, 9.17) is 11.6 Å². The Morgan fingerprint density at radius 2 is 1.93 bits per heavy atom. The van der Waals surface area contributed by atoms with E-state index in [1.807, 2.05) is 12.1 Å². The molecule has 72 valence electrons. The lowest BCUT2D eigenvalue weighted by Crippen LogP contribution is -1.92. The Morgan fingerprint density at radius 3 is 2.57 bits per heavy atom. The fourth-order valence-corrected chi connectivity index (χ4v) is 1.79. The van der Waals surface area contributed by atoms with Crippen LogP contribution >= 0.6 is 11.6 Å². The van der Waals surface area contributed by atoms with Gasteiger partial charge in [0.25, 0.3) is 0 Å². The van der Waals surface area contributed by atoms with Crippen molar-refractivity contribution in [2.75, 3.05) is 0 Å². The van der Waals surface area contributed by atoms with Gasteiger partial charge in [-0.2, -0.15) is 0 Å². The maximum Gasteiger partial charge on any atom is 0.0406 e. The predicted octanol–water partition coefficient (Wildman–Crippen LogP) is 4.16. The predicted molar refractivity (Wildman–Crippen MR) is 61.6 cm³/mol. The van der Waals surface area contributed by atoms with Crippen LogP contribution in [0.15, 0.2) is 48.1 Å². The number of allylic oxidation sites excluding steroid dienone is 4. The van der Waals surface area contributed by atoms with Crippen LogP contribution in [0.5, 0.6) is 0 Å². The zero-order chi connectivity index (χ0) is 9.80. The van der Waals surface area contributed by atoms with Gasteiger partial charge in [-0.25, -0.2) is 0 Å². The second kappa shape index (κ2) is 4.47. The summed E-state index contributed by atoms with van der Waals surface area (Å²) >= 11 is 5.83. The topological polar surface area (TPSA) is 0 Å².